The number of halogens is 2. The highest BCUT2D eigenvalue weighted by atomic mass is 35.5. The van der Waals surface area contributed by atoms with E-state index in [1.54, 1.807) is 44.2 Å². The van der Waals surface area contributed by atoms with Crippen LogP contribution in [0, 0.1) is 11.3 Å². The number of rotatable bonds is 8. The topological polar surface area (TPSA) is 62.1 Å². The molecule has 1 N–H and O–H groups in total. The molecule has 170 valence electrons. The standard InChI is InChI=1S/C27H26Cl2N2O2/c1-18(31-26(32)27(2,3)33-24-9-5-8-23(29)16-24)25(15-19-10-12-22(28)13-11-19)21-7-4-6-20(14-21)17-30/h4-14,16,18,25H,15H2,1-3H3,(H,31,32)/t18-,25+/m1/s1. The number of amides is 1. The third kappa shape index (κ3) is 6.74. The maximum Gasteiger partial charge on any atom is 0.263 e. The van der Waals surface area contributed by atoms with Crippen molar-refractivity contribution in [2.45, 2.75) is 44.8 Å². The van der Waals surface area contributed by atoms with Gasteiger partial charge in [0.1, 0.15) is 5.75 Å². The minimum absolute atomic E-state index is 0.0644. The predicted molar refractivity (Wildman–Crippen MR) is 133 cm³/mol. The lowest BCUT2D eigenvalue weighted by Crippen LogP contribution is -2.51. The van der Waals surface area contributed by atoms with Gasteiger partial charge in [-0.25, -0.2) is 0 Å². The second kappa shape index (κ2) is 10.7. The molecule has 0 aliphatic carbocycles. The van der Waals surface area contributed by atoms with Gasteiger partial charge >= 0.3 is 0 Å². The Hall–Kier alpha value is -3.00. The normalized spacial score (nSPS) is 13.0. The number of hydrogen-bond acceptors (Lipinski definition) is 3. The van der Waals surface area contributed by atoms with Crippen LogP contribution in [-0.4, -0.2) is 17.6 Å². The van der Waals surface area contributed by atoms with E-state index in [1.807, 2.05) is 49.4 Å². The molecule has 0 aliphatic heterocycles. The summed E-state index contributed by atoms with van der Waals surface area (Å²) in [6.45, 7) is 5.41. The molecule has 0 spiro atoms. The molecule has 0 heterocycles. The van der Waals surface area contributed by atoms with Gasteiger partial charge in [-0.1, -0.05) is 53.5 Å². The molecule has 4 nitrogen and oxygen atoms in total. The van der Waals surface area contributed by atoms with Crippen LogP contribution < -0.4 is 10.1 Å². The number of ether oxygens (including phenoxy) is 1. The Labute approximate surface area is 205 Å². The quantitative estimate of drug-likeness (QED) is 0.397. The van der Waals surface area contributed by atoms with E-state index in [-0.39, 0.29) is 17.9 Å². The highest BCUT2D eigenvalue weighted by molar-refractivity contribution is 6.30. The van der Waals surface area contributed by atoms with Crippen LogP contribution >= 0.6 is 23.2 Å². The summed E-state index contributed by atoms with van der Waals surface area (Å²) in [6.07, 6.45) is 0.670. The van der Waals surface area contributed by atoms with Crippen molar-refractivity contribution in [2.24, 2.45) is 0 Å². The first-order valence-corrected chi connectivity index (χ1v) is 11.4. The van der Waals surface area contributed by atoms with Crippen molar-refractivity contribution in [2.75, 3.05) is 0 Å². The first kappa shape index (κ1) is 24.6. The lowest BCUT2D eigenvalue weighted by atomic mass is 9.85. The molecule has 6 heteroatoms. The maximum atomic E-state index is 13.2. The van der Waals surface area contributed by atoms with Crippen LogP contribution in [0.1, 0.15) is 43.4 Å². The van der Waals surface area contributed by atoms with Gasteiger partial charge < -0.3 is 10.1 Å². The minimum Gasteiger partial charge on any atom is -0.478 e. The number of nitrogens with one attached hydrogen (secondary N) is 1. The summed E-state index contributed by atoms with van der Waals surface area (Å²) in [4.78, 5) is 13.2. The Kier molecular flexibility index (Phi) is 8.02. The number of carbonyl (C=O) groups excluding carboxylic acids is 1. The summed E-state index contributed by atoms with van der Waals surface area (Å²) in [7, 11) is 0. The zero-order chi connectivity index (χ0) is 24.0. The van der Waals surface area contributed by atoms with Gasteiger partial charge in [0, 0.05) is 22.0 Å². The van der Waals surface area contributed by atoms with Crippen molar-refractivity contribution in [1.29, 1.82) is 5.26 Å². The van der Waals surface area contributed by atoms with Gasteiger partial charge in [0.2, 0.25) is 0 Å². The molecule has 0 saturated carbocycles. The summed E-state index contributed by atoms with van der Waals surface area (Å²) in [5.41, 5.74) is 1.53. The number of benzene rings is 3. The lowest BCUT2D eigenvalue weighted by Gasteiger charge is -2.31. The number of carbonyl (C=O) groups is 1. The fraction of sp³-hybridized carbons (Fsp3) is 0.259. The van der Waals surface area contributed by atoms with Gasteiger partial charge in [-0.15, -0.1) is 0 Å². The van der Waals surface area contributed by atoms with Crippen molar-refractivity contribution in [3.63, 3.8) is 0 Å². The fourth-order valence-electron chi connectivity index (χ4n) is 3.65. The molecular formula is C27H26Cl2N2O2. The second-order valence-corrected chi connectivity index (χ2v) is 9.38. The Morgan fingerprint density at radius 3 is 2.39 bits per heavy atom. The molecule has 3 aromatic carbocycles. The van der Waals surface area contributed by atoms with Gasteiger partial charge in [-0.05, 0) is 80.8 Å². The number of nitrogens with zero attached hydrogens (tertiary/aromatic N) is 1. The molecule has 0 aromatic heterocycles. The van der Waals surface area contributed by atoms with Gasteiger partial charge in [0.25, 0.3) is 5.91 Å². The van der Waals surface area contributed by atoms with Crippen LogP contribution in [0.15, 0.2) is 72.8 Å². The highest BCUT2D eigenvalue weighted by Gasteiger charge is 2.33. The van der Waals surface area contributed by atoms with Crippen molar-refractivity contribution >= 4 is 29.1 Å². The zero-order valence-corrected chi connectivity index (χ0v) is 20.3. The maximum absolute atomic E-state index is 13.2. The molecule has 2 atom stereocenters. The molecular weight excluding hydrogens is 455 g/mol. The predicted octanol–water partition coefficient (Wildman–Crippen LogP) is 6.55. The molecule has 1 amide bonds. The average Bonchev–Trinajstić information content (AvgIpc) is 2.78. The van der Waals surface area contributed by atoms with E-state index in [1.165, 1.54) is 0 Å². The molecule has 0 saturated heterocycles. The van der Waals surface area contributed by atoms with Gasteiger partial charge in [0.05, 0.1) is 11.6 Å². The third-order valence-corrected chi connectivity index (χ3v) is 5.98. The van der Waals surface area contributed by atoms with E-state index in [9.17, 15) is 10.1 Å². The van der Waals surface area contributed by atoms with Crippen LogP contribution in [0.3, 0.4) is 0 Å². The Bertz CT molecular complexity index is 1150. The van der Waals surface area contributed by atoms with Crippen molar-refractivity contribution in [3.05, 3.63) is 99.5 Å². The largest absolute Gasteiger partial charge is 0.478 e. The number of hydrogen-bond donors (Lipinski definition) is 1. The Morgan fingerprint density at radius 2 is 1.73 bits per heavy atom. The van der Waals surface area contributed by atoms with E-state index < -0.39 is 5.60 Å². The molecule has 0 bridgehead atoms. The van der Waals surface area contributed by atoms with E-state index in [0.717, 1.165) is 11.1 Å². The van der Waals surface area contributed by atoms with Crippen LogP contribution in [0.25, 0.3) is 0 Å². The summed E-state index contributed by atoms with van der Waals surface area (Å²) in [5, 5.41) is 13.7. The van der Waals surface area contributed by atoms with Crippen LogP contribution in [-0.2, 0) is 11.2 Å². The van der Waals surface area contributed by atoms with E-state index in [4.69, 9.17) is 27.9 Å². The van der Waals surface area contributed by atoms with Gasteiger partial charge in [0.15, 0.2) is 5.60 Å². The average molecular weight is 481 g/mol. The Morgan fingerprint density at radius 1 is 1.03 bits per heavy atom. The SMILES string of the molecule is C[C@@H](NC(=O)C(C)(C)Oc1cccc(Cl)c1)[C@H](Cc1ccc(Cl)cc1)c1cccc(C#N)c1. The number of nitriles is 1. The molecule has 3 rings (SSSR count). The molecule has 33 heavy (non-hydrogen) atoms. The van der Waals surface area contributed by atoms with E-state index >= 15 is 0 Å². The van der Waals surface area contributed by atoms with Gasteiger partial charge in [-0.3, -0.25) is 4.79 Å². The van der Waals surface area contributed by atoms with Gasteiger partial charge in [-0.2, -0.15) is 5.26 Å². The monoisotopic (exact) mass is 480 g/mol. The van der Waals surface area contributed by atoms with Crippen molar-refractivity contribution < 1.29 is 9.53 Å². The first-order chi connectivity index (χ1) is 15.7. The summed E-state index contributed by atoms with van der Waals surface area (Å²) < 4.78 is 5.94. The summed E-state index contributed by atoms with van der Waals surface area (Å²) in [5.74, 6) is 0.215. The Balaban J connectivity index is 1.82. The van der Waals surface area contributed by atoms with Crippen LogP contribution in [0.5, 0.6) is 5.75 Å². The zero-order valence-electron chi connectivity index (χ0n) is 18.8. The van der Waals surface area contributed by atoms with Crippen LogP contribution in [0.4, 0.5) is 0 Å². The van der Waals surface area contributed by atoms with Crippen molar-refractivity contribution in [3.8, 4) is 11.8 Å². The van der Waals surface area contributed by atoms with Crippen molar-refractivity contribution in [1.82, 2.24) is 5.32 Å². The van der Waals surface area contributed by atoms with E-state index in [0.29, 0.717) is 27.8 Å². The van der Waals surface area contributed by atoms with E-state index in [2.05, 4.69) is 11.4 Å². The molecule has 0 fully saturated rings. The molecule has 0 radical (unpaired) electrons. The lowest BCUT2D eigenvalue weighted by molar-refractivity contribution is -0.135. The van der Waals surface area contributed by atoms with Crippen LogP contribution in [0.2, 0.25) is 10.0 Å². The summed E-state index contributed by atoms with van der Waals surface area (Å²) in [6, 6.07) is 24.1. The fourth-order valence-corrected chi connectivity index (χ4v) is 3.96. The second-order valence-electron chi connectivity index (χ2n) is 8.51. The molecule has 0 unspecified atom stereocenters. The molecule has 0 aliphatic rings. The third-order valence-electron chi connectivity index (χ3n) is 5.49. The molecule has 3 aromatic rings. The smallest absolute Gasteiger partial charge is 0.263 e. The minimum atomic E-state index is -1.11. The first-order valence-electron chi connectivity index (χ1n) is 10.7. The highest BCUT2D eigenvalue weighted by Crippen LogP contribution is 2.28. The summed E-state index contributed by atoms with van der Waals surface area (Å²) >= 11 is 12.1.